The molecule has 1 amide bonds. The summed E-state index contributed by atoms with van der Waals surface area (Å²) in [5.41, 5.74) is 2.29. The fraction of sp³-hybridized carbons (Fsp3) is 0.529. The Kier molecular flexibility index (Phi) is 5.80. The fourth-order valence-corrected chi connectivity index (χ4v) is 4.18. The third-order valence-corrected chi connectivity index (χ3v) is 5.82. The number of carbonyl (C=O) groups is 1. The Morgan fingerprint density at radius 3 is 2.96 bits per heavy atom. The monoisotopic (exact) mass is 349 g/mol. The molecular formula is C17H23N3OS2. The van der Waals surface area contributed by atoms with Gasteiger partial charge < -0.3 is 5.32 Å². The number of amides is 1. The summed E-state index contributed by atoms with van der Waals surface area (Å²) in [5.74, 6) is 0.892. The Balaban J connectivity index is 1.44. The van der Waals surface area contributed by atoms with Gasteiger partial charge in [0, 0.05) is 18.3 Å². The van der Waals surface area contributed by atoms with Crippen molar-refractivity contribution in [1.82, 2.24) is 9.88 Å². The van der Waals surface area contributed by atoms with Crippen molar-refractivity contribution in [2.75, 3.05) is 18.4 Å². The summed E-state index contributed by atoms with van der Waals surface area (Å²) < 4.78 is 0. The van der Waals surface area contributed by atoms with E-state index in [1.807, 2.05) is 5.38 Å². The molecule has 23 heavy (non-hydrogen) atoms. The third kappa shape index (κ3) is 5.12. The number of thiophene rings is 1. The van der Waals surface area contributed by atoms with Crippen molar-refractivity contribution in [3.05, 3.63) is 33.5 Å². The van der Waals surface area contributed by atoms with Crippen molar-refractivity contribution in [1.29, 1.82) is 0 Å². The predicted molar refractivity (Wildman–Crippen MR) is 97.1 cm³/mol. The molecule has 2 aromatic rings. The molecule has 0 unspecified atom stereocenters. The molecule has 0 saturated carbocycles. The van der Waals surface area contributed by atoms with Crippen LogP contribution >= 0.6 is 22.7 Å². The Hall–Kier alpha value is -1.24. The molecule has 0 radical (unpaired) electrons. The summed E-state index contributed by atoms with van der Waals surface area (Å²) in [4.78, 5) is 19.0. The van der Waals surface area contributed by atoms with Crippen LogP contribution in [0.3, 0.4) is 0 Å². The topological polar surface area (TPSA) is 45.2 Å². The molecule has 0 aromatic carbocycles. The Morgan fingerprint density at radius 1 is 1.39 bits per heavy atom. The van der Waals surface area contributed by atoms with Gasteiger partial charge in [-0.2, -0.15) is 11.3 Å². The zero-order valence-electron chi connectivity index (χ0n) is 13.5. The number of thiazole rings is 1. The van der Waals surface area contributed by atoms with E-state index in [9.17, 15) is 4.79 Å². The van der Waals surface area contributed by atoms with Gasteiger partial charge in [-0.05, 0) is 60.7 Å². The van der Waals surface area contributed by atoms with Crippen LogP contribution in [0.1, 0.15) is 37.4 Å². The lowest BCUT2D eigenvalue weighted by molar-refractivity contribution is -0.116. The maximum absolute atomic E-state index is 12.0. The molecule has 1 saturated heterocycles. The minimum absolute atomic E-state index is 0.0453. The van der Waals surface area contributed by atoms with Crippen molar-refractivity contribution < 1.29 is 4.79 Å². The van der Waals surface area contributed by atoms with E-state index >= 15 is 0 Å². The number of anilines is 1. The molecule has 6 heteroatoms. The molecule has 0 atom stereocenters. The van der Waals surface area contributed by atoms with E-state index in [2.05, 4.69) is 39.0 Å². The van der Waals surface area contributed by atoms with Crippen LogP contribution in [-0.4, -0.2) is 28.9 Å². The predicted octanol–water partition coefficient (Wildman–Crippen LogP) is 4.01. The van der Waals surface area contributed by atoms with Crippen molar-refractivity contribution in [2.45, 2.75) is 39.2 Å². The first-order chi connectivity index (χ1) is 11.2. The second-order valence-corrected chi connectivity index (χ2v) is 7.92. The maximum atomic E-state index is 12.0. The zero-order valence-corrected chi connectivity index (χ0v) is 15.1. The molecule has 1 fully saturated rings. The first-order valence-corrected chi connectivity index (χ1v) is 9.99. The van der Waals surface area contributed by atoms with Gasteiger partial charge in [0.1, 0.15) is 0 Å². The number of likely N-dealkylation sites (tertiary alicyclic amines) is 1. The first-order valence-electron chi connectivity index (χ1n) is 8.17. The Labute approximate surface area is 145 Å². The summed E-state index contributed by atoms with van der Waals surface area (Å²) in [6.07, 6.45) is 3.85. The molecule has 2 aromatic heterocycles. The van der Waals surface area contributed by atoms with Crippen molar-refractivity contribution in [3.8, 4) is 0 Å². The molecule has 4 nitrogen and oxygen atoms in total. The molecule has 0 aliphatic carbocycles. The van der Waals surface area contributed by atoms with Crippen LogP contribution in [0.4, 0.5) is 5.13 Å². The van der Waals surface area contributed by atoms with Crippen molar-refractivity contribution in [3.63, 3.8) is 0 Å². The van der Waals surface area contributed by atoms with Gasteiger partial charge >= 0.3 is 0 Å². The molecule has 0 bridgehead atoms. The van der Waals surface area contributed by atoms with E-state index in [-0.39, 0.29) is 5.91 Å². The number of nitrogens with one attached hydrogen (secondary N) is 1. The zero-order chi connectivity index (χ0) is 16.1. The standard InChI is InChI=1S/C17H23N3OS2/c1-13-4-7-20(8-5-13)10-15-12-23-17(18-15)19-16(21)3-2-14-6-9-22-11-14/h6,9,11-13H,2-5,7-8,10H2,1H3,(H,18,19,21). The highest BCUT2D eigenvalue weighted by Gasteiger charge is 2.17. The number of piperidine rings is 1. The molecular weight excluding hydrogens is 326 g/mol. The molecule has 1 aliphatic heterocycles. The number of nitrogens with zero attached hydrogens (tertiary/aromatic N) is 2. The molecule has 3 rings (SSSR count). The van der Waals surface area contributed by atoms with E-state index in [0.29, 0.717) is 6.42 Å². The average molecular weight is 350 g/mol. The van der Waals surface area contributed by atoms with Crippen LogP contribution in [-0.2, 0) is 17.8 Å². The summed E-state index contributed by atoms with van der Waals surface area (Å²) in [6.45, 7) is 5.53. The summed E-state index contributed by atoms with van der Waals surface area (Å²) in [6, 6.07) is 2.07. The van der Waals surface area contributed by atoms with Crippen LogP contribution in [0.2, 0.25) is 0 Å². The van der Waals surface area contributed by atoms with Crippen molar-refractivity contribution in [2.24, 2.45) is 5.92 Å². The van der Waals surface area contributed by atoms with Crippen molar-refractivity contribution >= 4 is 33.7 Å². The minimum Gasteiger partial charge on any atom is -0.302 e. The van der Waals surface area contributed by atoms with Gasteiger partial charge in [0.05, 0.1) is 5.69 Å². The summed E-state index contributed by atoms with van der Waals surface area (Å²) in [5, 5.41) is 9.84. The van der Waals surface area contributed by atoms with Crippen LogP contribution in [0.15, 0.2) is 22.2 Å². The smallest absolute Gasteiger partial charge is 0.226 e. The Morgan fingerprint density at radius 2 is 2.22 bits per heavy atom. The number of hydrogen-bond acceptors (Lipinski definition) is 5. The van der Waals surface area contributed by atoms with Gasteiger partial charge in [-0.25, -0.2) is 4.98 Å². The normalized spacial score (nSPS) is 16.6. The quantitative estimate of drug-likeness (QED) is 0.857. The summed E-state index contributed by atoms with van der Waals surface area (Å²) >= 11 is 3.19. The summed E-state index contributed by atoms with van der Waals surface area (Å²) in [7, 11) is 0. The number of carbonyl (C=O) groups excluding carboxylic acids is 1. The van der Waals surface area contributed by atoms with Gasteiger partial charge in [-0.15, -0.1) is 11.3 Å². The van der Waals surface area contributed by atoms with Crippen LogP contribution in [0.5, 0.6) is 0 Å². The fourth-order valence-electron chi connectivity index (χ4n) is 2.76. The van der Waals surface area contributed by atoms with Crippen LogP contribution in [0, 0.1) is 5.92 Å². The molecule has 124 valence electrons. The highest BCUT2D eigenvalue weighted by molar-refractivity contribution is 7.13. The first kappa shape index (κ1) is 16.6. The number of rotatable bonds is 6. The van der Waals surface area contributed by atoms with E-state index < -0.39 is 0 Å². The minimum atomic E-state index is 0.0453. The molecule has 3 heterocycles. The third-order valence-electron chi connectivity index (χ3n) is 4.28. The second-order valence-electron chi connectivity index (χ2n) is 6.28. The molecule has 0 spiro atoms. The van der Waals surface area contributed by atoms with E-state index in [0.717, 1.165) is 42.8 Å². The number of hydrogen-bond donors (Lipinski definition) is 1. The number of aryl methyl sites for hydroxylation is 1. The van der Waals surface area contributed by atoms with Gasteiger partial charge in [0.2, 0.25) is 5.91 Å². The lowest BCUT2D eigenvalue weighted by atomic mass is 9.99. The lowest BCUT2D eigenvalue weighted by Gasteiger charge is -2.29. The average Bonchev–Trinajstić information content (AvgIpc) is 3.20. The van der Waals surface area contributed by atoms with Gasteiger partial charge in [0.15, 0.2) is 5.13 Å². The van der Waals surface area contributed by atoms with Gasteiger partial charge in [-0.1, -0.05) is 6.92 Å². The maximum Gasteiger partial charge on any atom is 0.226 e. The lowest BCUT2D eigenvalue weighted by Crippen LogP contribution is -2.32. The largest absolute Gasteiger partial charge is 0.302 e. The van der Waals surface area contributed by atoms with E-state index in [1.54, 1.807) is 11.3 Å². The van der Waals surface area contributed by atoms with Gasteiger partial charge in [0.25, 0.3) is 0 Å². The molecule has 1 aliphatic rings. The number of aromatic nitrogens is 1. The van der Waals surface area contributed by atoms with Crippen LogP contribution in [0.25, 0.3) is 0 Å². The van der Waals surface area contributed by atoms with E-state index in [4.69, 9.17) is 0 Å². The Bertz CT molecular complexity index is 616. The highest BCUT2D eigenvalue weighted by Crippen LogP contribution is 2.21. The van der Waals surface area contributed by atoms with Crippen LogP contribution < -0.4 is 5.32 Å². The van der Waals surface area contributed by atoms with E-state index in [1.165, 1.54) is 29.7 Å². The highest BCUT2D eigenvalue weighted by atomic mass is 32.1. The van der Waals surface area contributed by atoms with Gasteiger partial charge in [-0.3, -0.25) is 9.69 Å². The molecule has 1 N–H and O–H groups in total. The second kappa shape index (κ2) is 8.04. The SMILES string of the molecule is CC1CCN(Cc2csc(NC(=O)CCc3ccsc3)n2)CC1.